The monoisotopic (exact) mass is 323 g/mol. The molecule has 3 rings (SSSR count). The Morgan fingerprint density at radius 2 is 2.14 bits per heavy atom. The Labute approximate surface area is 136 Å². The lowest BCUT2D eigenvalue weighted by Crippen LogP contribution is -2.50. The van der Waals surface area contributed by atoms with Gasteiger partial charge in [-0.25, -0.2) is 0 Å². The summed E-state index contributed by atoms with van der Waals surface area (Å²) in [6.45, 7) is 10.3. The zero-order valence-corrected chi connectivity index (χ0v) is 14.6. The van der Waals surface area contributed by atoms with Crippen molar-refractivity contribution in [1.82, 2.24) is 9.27 Å². The summed E-state index contributed by atoms with van der Waals surface area (Å²) >= 11 is 1.40. The minimum Gasteiger partial charge on any atom is -0.374 e. The molecule has 1 aliphatic carbocycles. The molecule has 1 N–H and O–H groups in total. The Kier molecular flexibility index (Phi) is 4.16. The van der Waals surface area contributed by atoms with Gasteiger partial charge in [0.15, 0.2) is 0 Å². The molecular weight excluding hydrogens is 298 g/mol. The second-order valence-corrected chi connectivity index (χ2v) is 8.14. The molecular formula is C16H25N3O2S. The molecule has 1 aromatic heterocycles. The average molecular weight is 323 g/mol. The number of anilines is 1. The molecule has 1 amide bonds. The quantitative estimate of drug-likeness (QED) is 0.929. The van der Waals surface area contributed by atoms with Crippen LogP contribution in [0.1, 0.15) is 49.7 Å². The van der Waals surface area contributed by atoms with E-state index < -0.39 is 0 Å². The zero-order valence-electron chi connectivity index (χ0n) is 13.8. The van der Waals surface area contributed by atoms with E-state index in [1.807, 2.05) is 11.8 Å². The highest BCUT2D eigenvalue weighted by Crippen LogP contribution is 2.33. The minimum absolute atomic E-state index is 0.0377. The van der Waals surface area contributed by atoms with E-state index in [2.05, 4.69) is 30.5 Å². The van der Waals surface area contributed by atoms with Crippen molar-refractivity contribution in [3.63, 3.8) is 0 Å². The third kappa shape index (κ3) is 3.27. The van der Waals surface area contributed by atoms with Gasteiger partial charge in [0, 0.05) is 19.1 Å². The Hall–Kier alpha value is -1.14. The zero-order chi connectivity index (χ0) is 15.9. The number of carbonyl (C=O) groups excluding carboxylic acids is 1. The Balaban J connectivity index is 1.77. The maximum absolute atomic E-state index is 13.0. The first-order valence-corrected chi connectivity index (χ1v) is 8.77. The van der Waals surface area contributed by atoms with E-state index in [1.54, 1.807) is 0 Å². The summed E-state index contributed by atoms with van der Waals surface area (Å²) in [5, 5.41) is 4.38. The van der Waals surface area contributed by atoms with Gasteiger partial charge < -0.3 is 15.0 Å². The molecule has 0 aromatic carbocycles. The Morgan fingerprint density at radius 1 is 1.41 bits per heavy atom. The van der Waals surface area contributed by atoms with Crippen molar-refractivity contribution in [2.45, 2.75) is 52.7 Å². The first-order valence-electron chi connectivity index (χ1n) is 8.00. The van der Waals surface area contributed by atoms with Crippen molar-refractivity contribution in [3.8, 4) is 0 Å². The van der Waals surface area contributed by atoms with E-state index in [0.717, 1.165) is 16.3 Å². The number of carbonyl (C=O) groups is 1. The van der Waals surface area contributed by atoms with E-state index in [-0.39, 0.29) is 17.4 Å². The van der Waals surface area contributed by atoms with Gasteiger partial charge in [-0.1, -0.05) is 20.8 Å². The number of aryl methyl sites for hydroxylation is 1. The van der Waals surface area contributed by atoms with Crippen molar-refractivity contribution in [2.75, 3.05) is 25.0 Å². The maximum atomic E-state index is 13.0. The SMILES string of the molecule is Cc1nsc(NC2CC2)c1C(=O)N1CCOC(C(C)(C)C)C1. The van der Waals surface area contributed by atoms with Gasteiger partial charge in [-0.3, -0.25) is 4.79 Å². The van der Waals surface area contributed by atoms with E-state index in [0.29, 0.717) is 25.7 Å². The molecule has 1 saturated heterocycles. The summed E-state index contributed by atoms with van der Waals surface area (Å²) in [7, 11) is 0. The second kappa shape index (κ2) is 5.81. The summed E-state index contributed by atoms with van der Waals surface area (Å²) < 4.78 is 10.2. The number of morpholine rings is 1. The molecule has 1 aliphatic heterocycles. The van der Waals surface area contributed by atoms with Gasteiger partial charge in [0.2, 0.25) is 0 Å². The lowest BCUT2D eigenvalue weighted by molar-refractivity contribution is -0.0706. The smallest absolute Gasteiger partial charge is 0.258 e. The molecule has 0 bridgehead atoms. The van der Waals surface area contributed by atoms with Crippen LogP contribution in [0.3, 0.4) is 0 Å². The second-order valence-electron chi connectivity index (χ2n) is 7.37. The van der Waals surface area contributed by atoms with Crippen LogP contribution in [0.2, 0.25) is 0 Å². The predicted molar refractivity (Wildman–Crippen MR) is 88.6 cm³/mol. The average Bonchev–Trinajstić information content (AvgIpc) is 3.20. The van der Waals surface area contributed by atoms with E-state index in [9.17, 15) is 4.79 Å². The summed E-state index contributed by atoms with van der Waals surface area (Å²) in [4.78, 5) is 14.9. The van der Waals surface area contributed by atoms with Crippen molar-refractivity contribution in [1.29, 1.82) is 0 Å². The van der Waals surface area contributed by atoms with Crippen molar-refractivity contribution in [2.24, 2.45) is 5.41 Å². The molecule has 6 heteroatoms. The summed E-state index contributed by atoms with van der Waals surface area (Å²) in [5.41, 5.74) is 1.62. The highest BCUT2D eigenvalue weighted by atomic mass is 32.1. The van der Waals surface area contributed by atoms with Gasteiger partial charge in [0.05, 0.1) is 24.0 Å². The fourth-order valence-corrected chi connectivity index (χ4v) is 3.51. The van der Waals surface area contributed by atoms with Crippen LogP contribution in [0.5, 0.6) is 0 Å². The van der Waals surface area contributed by atoms with E-state index in [1.165, 1.54) is 24.4 Å². The number of nitrogens with one attached hydrogen (secondary N) is 1. The number of hydrogen-bond donors (Lipinski definition) is 1. The molecule has 0 spiro atoms. The molecule has 5 nitrogen and oxygen atoms in total. The summed E-state index contributed by atoms with van der Waals surface area (Å²) in [6, 6.07) is 0.526. The third-order valence-electron chi connectivity index (χ3n) is 4.31. The molecule has 1 saturated carbocycles. The van der Waals surface area contributed by atoms with Crippen molar-refractivity contribution < 1.29 is 9.53 Å². The first-order chi connectivity index (χ1) is 10.4. The molecule has 2 fully saturated rings. The largest absolute Gasteiger partial charge is 0.374 e. The van der Waals surface area contributed by atoms with Gasteiger partial charge in [-0.05, 0) is 36.7 Å². The van der Waals surface area contributed by atoms with Crippen molar-refractivity contribution >= 4 is 22.4 Å². The number of amides is 1. The molecule has 0 radical (unpaired) electrons. The molecule has 2 heterocycles. The first kappa shape index (κ1) is 15.7. The standard InChI is InChI=1S/C16H25N3O2S/c1-10-13(14(22-18-10)17-11-5-6-11)15(20)19-7-8-21-12(9-19)16(2,3)4/h11-12,17H,5-9H2,1-4H3. The highest BCUT2D eigenvalue weighted by molar-refractivity contribution is 7.10. The fraction of sp³-hybridized carbons (Fsp3) is 0.750. The maximum Gasteiger partial charge on any atom is 0.258 e. The van der Waals surface area contributed by atoms with Crippen LogP contribution in [-0.2, 0) is 4.74 Å². The topological polar surface area (TPSA) is 54.5 Å². The number of hydrogen-bond acceptors (Lipinski definition) is 5. The van der Waals surface area contributed by atoms with Crippen LogP contribution in [-0.4, -0.2) is 47.0 Å². The molecule has 1 atom stereocenters. The predicted octanol–water partition coefficient (Wildman–Crippen LogP) is 2.91. The van der Waals surface area contributed by atoms with Gasteiger partial charge in [-0.2, -0.15) is 4.37 Å². The number of ether oxygens (including phenoxy) is 1. The third-order valence-corrected chi connectivity index (χ3v) is 5.18. The van der Waals surface area contributed by atoms with Crippen molar-refractivity contribution in [3.05, 3.63) is 11.3 Å². The normalized spacial score (nSPS) is 22.7. The van der Waals surface area contributed by atoms with Gasteiger partial charge in [0.1, 0.15) is 5.00 Å². The number of rotatable bonds is 3. The lowest BCUT2D eigenvalue weighted by Gasteiger charge is -2.39. The van der Waals surface area contributed by atoms with Gasteiger partial charge in [-0.15, -0.1) is 0 Å². The summed E-state index contributed by atoms with van der Waals surface area (Å²) in [6.07, 6.45) is 2.46. The molecule has 1 unspecified atom stereocenters. The minimum atomic E-state index is 0.0377. The van der Waals surface area contributed by atoms with Crippen LogP contribution in [0.25, 0.3) is 0 Å². The van der Waals surface area contributed by atoms with Gasteiger partial charge in [0.25, 0.3) is 5.91 Å². The van der Waals surface area contributed by atoms with Gasteiger partial charge >= 0.3 is 0 Å². The number of nitrogens with zero attached hydrogens (tertiary/aromatic N) is 2. The van der Waals surface area contributed by atoms with Crippen LogP contribution in [0, 0.1) is 12.3 Å². The Bertz CT molecular complexity index is 560. The van der Waals surface area contributed by atoms with E-state index >= 15 is 0 Å². The van der Waals surface area contributed by atoms with Crippen LogP contribution in [0.15, 0.2) is 0 Å². The molecule has 122 valence electrons. The van der Waals surface area contributed by atoms with Crippen LogP contribution < -0.4 is 5.32 Å². The Morgan fingerprint density at radius 3 is 2.77 bits per heavy atom. The highest BCUT2D eigenvalue weighted by Gasteiger charge is 2.35. The fourth-order valence-electron chi connectivity index (χ4n) is 2.65. The molecule has 22 heavy (non-hydrogen) atoms. The van der Waals surface area contributed by atoms with E-state index in [4.69, 9.17) is 4.74 Å². The molecule has 2 aliphatic rings. The summed E-state index contributed by atoms with van der Waals surface area (Å²) in [5.74, 6) is 0.0898. The lowest BCUT2D eigenvalue weighted by atomic mass is 9.88. The van der Waals surface area contributed by atoms with Crippen LogP contribution in [0.4, 0.5) is 5.00 Å². The van der Waals surface area contributed by atoms with Crippen LogP contribution >= 0.6 is 11.5 Å². The molecule has 1 aromatic rings. The number of aromatic nitrogens is 1.